The van der Waals surface area contributed by atoms with Gasteiger partial charge in [0.15, 0.2) is 5.43 Å². The number of rotatable bonds is 4. The number of amides is 1. The molecule has 6 heteroatoms. The maximum Gasteiger partial charge on any atom is 0.291 e. The van der Waals surface area contributed by atoms with E-state index >= 15 is 0 Å². The topological polar surface area (TPSA) is 59.8 Å². The van der Waals surface area contributed by atoms with Crippen LogP contribution in [0.15, 0.2) is 69.9 Å². The number of benzene rings is 3. The van der Waals surface area contributed by atoms with Gasteiger partial charge in [0.2, 0.25) is 5.76 Å². The first-order chi connectivity index (χ1) is 15.9. The normalized spacial score (nSPS) is 15.2. The molecule has 0 spiro atoms. The van der Waals surface area contributed by atoms with E-state index in [0.717, 1.165) is 16.7 Å². The van der Waals surface area contributed by atoms with Gasteiger partial charge in [0.25, 0.3) is 5.91 Å². The number of carbonyl (C=O) groups is 1. The van der Waals surface area contributed by atoms with E-state index in [1.165, 1.54) is 11.0 Å². The van der Waals surface area contributed by atoms with E-state index in [9.17, 15) is 14.0 Å². The van der Waals surface area contributed by atoms with Crippen LogP contribution in [0.4, 0.5) is 4.39 Å². The third-order valence-corrected chi connectivity index (χ3v) is 6.11. The molecule has 166 valence electrons. The van der Waals surface area contributed by atoms with Crippen LogP contribution >= 0.6 is 0 Å². The van der Waals surface area contributed by atoms with Gasteiger partial charge in [-0.3, -0.25) is 9.59 Å². The van der Waals surface area contributed by atoms with E-state index in [1.54, 1.807) is 43.5 Å². The number of hydrogen-bond acceptors (Lipinski definition) is 4. The van der Waals surface area contributed by atoms with Crippen LogP contribution in [-0.4, -0.2) is 17.9 Å². The first-order valence-electron chi connectivity index (χ1n) is 10.7. The lowest BCUT2D eigenvalue weighted by atomic mass is 9.97. The Balaban J connectivity index is 1.73. The molecule has 0 bridgehead atoms. The van der Waals surface area contributed by atoms with Gasteiger partial charge in [-0.2, -0.15) is 0 Å². The summed E-state index contributed by atoms with van der Waals surface area (Å²) in [5, 5.41) is 0.395. The molecule has 0 aliphatic carbocycles. The van der Waals surface area contributed by atoms with Crippen molar-refractivity contribution in [2.45, 2.75) is 26.4 Å². The molecule has 0 saturated carbocycles. The minimum atomic E-state index is -0.891. The van der Waals surface area contributed by atoms with Crippen LogP contribution in [0.2, 0.25) is 0 Å². The third-order valence-electron chi connectivity index (χ3n) is 6.11. The molecule has 0 radical (unpaired) electrons. The van der Waals surface area contributed by atoms with Crippen LogP contribution in [-0.2, 0) is 6.54 Å². The summed E-state index contributed by atoms with van der Waals surface area (Å²) in [5.41, 5.74) is 3.02. The Labute approximate surface area is 190 Å². The number of carbonyl (C=O) groups excluding carboxylic acids is 1. The number of halogens is 1. The van der Waals surface area contributed by atoms with E-state index in [2.05, 4.69) is 0 Å². The van der Waals surface area contributed by atoms with E-state index < -0.39 is 17.8 Å². The molecule has 0 N–H and O–H groups in total. The Hall–Kier alpha value is -3.93. The highest BCUT2D eigenvalue weighted by molar-refractivity contribution is 5.99. The molecular weight excluding hydrogens is 421 g/mol. The average Bonchev–Trinajstić information content (AvgIpc) is 3.07. The summed E-state index contributed by atoms with van der Waals surface area (Å²) in [6.07, 6.45) is 0. The lowest BCUT2D eigenvalue weighted by Gasteiger charge is -2.25. The summed E-state index contributed by atoms with van der Waals surface area (Å²) in [4.78, 5) is 28.7. The Morgan fingerprint density at radius 2 is 1.76 bits per heavy atom. The molecule has 1 atom stereocenters. The highest BCUT2D eigenvalue weighted by Crippen LogP contribution is 2.40. The second kappa shape index (κ2) is 7.89. The molecule has 3 aromatic carbocycles. The number of fused-ring (bicyclic) bond motifs is 2. The van der Waals surface area contributed by atoms with E-state index in [1.807, 2.05) is 32.0 Å². The first kappa shape index (κ1) is 20.9. The third kappa shape index (κ3) is 3.39. The minimum Gasteiger partial charge on any atom is -0.497 e. The average molecular weight is 443 g/mol. The number of methoxy groups -OCH3 is 1. The fourth-order valence-electron chi connectivity index (χ4n) is 4.59. The number of hydrogen-bond donors (Lipinski definition) is 0. The highest BCUT2D eigenvalue weighted by Gasteiger charge is 2.43. The lowest BCUT2D eigenvalue weighted by molar-refractivity contribution is 0.0712. The second-order valence-corrected chi connectivity index (χ2v) is 8.34. The molecule has 0 saturated heterocycles. The van der Waals surface area contributed by atoms with Crippen molar-refractivity contribution in [2.24, 2.45) is 0 Å². The van der Waals surface area contributed by atoms with E-state index in [-0.39, 0.29) is 28.9 Å². The Kier molecular flexibility index (Phi) is 5.01. The van der Waals surface area contributed by atoms with Gasteiger partial charge in [-0.05, 0) is 54.8 Å². The van der Waals surface area contributed by atoms with Crippen molar-refractivity contribution in [3.63, 3.8) is 0 Å². The van der Waals surface area contributed by atoms with Crippen LogP contribution in [0.3, 0.4) is 0 Å². The van der Waals surface area contributed by atoms with Gasteiger partial charge in [0.05, 0.1) is 24.1 Å². The van der Waals surface area contributed by atoms with Gasteiger partial charge in [-0.25, -0.2) is 4.39 Å². The molecule has 4 aromatic rings. The quantitative estimate of drug-likeness (QED) is 0.429. The van der Waals surface area contributed by atoms with Crippen LogP contribution < -0.4 is 10.2 Å². The zero-order chi connectivity index (χ0) is 23.3. The zero-order valence-electron chi connectivity index (χ0n) is 18.5. The van der Waals surface area contributed by atoms with Crippen molar-refractivity contribution >= 4 is 16.9 Å². The van der Waals surface area contributed by atoms with E-state index in [0.29, 0.717) is 16.7 Å². The first-order valence-corrected chi connectivity index (χ1v) is 10.7. The monoisotopic (exact) mass is 443 g/mol. The molecule has 1 aromatic heterocycles. The predicted molar refractivity (Wildman–Crippen MR) is 123 cm³/mol. The summed E-state index contributed by atoms with van der Waals surface area (Å²) in [5.74, 6) is -0.258. The largest absolute Gasteiger partial charge is 0.497 e. The van der Waals surface area contributed by atoms with Crippen LogP contribution in [0.5, 0.6) is 5.75 Å². The van der Waals surface area contributed by atoms with Gasteiger partial charge in [-0.1, -0.05) is 36.4 Å². The van der Waals surface area contributed by atoms with Crippen LogP contribution in [0.25, 0.3) is 11.0 Å². The molecule has 33 heavy (non-hydrogen) atoms. The predicted octanol–water partition coefficient (Wildman–Crippen LogP) is 5.30. The molecule has 1 aliphatic heterocycles. The summed E-state index contributed by atoms with van der Waals surface area (Å²) >= 11 is 0. The number of ether oxygens (including phenoxy) is 1. The molecule has 1 aliphatic rings. The molecule has 1 unspecified atom stereocenters. The van der Waals surface area contributed by atoms with Crippen molar-refractivity contribution in [2.75, 3.05) is 7.11 Å². The van der Waals surface area contributed by atoms with Crippen molar-refractivity contribution < 1.29 is 18.3 Å². The Morgan fingerprint density at radius 1 is 1.03 bits per heavy atom. The Morgan fingerprint density at radius 3 is 2.45 bits per heavy atom. The summed E-state index contributed by atoms with van der Waals surface area (Å²) in [6.45, 7) is 3.92. The summed E-state index contributed by atoms with van der Waals surface area (Å²) in [7, 11) is 1.58. The molecule has 5 nitrogen and oxygen atoms in total. The highest BCUT2D eigenvalue weighted by atomic mass is 19.1. The molecule has 2 heterocycles. The molecule has 0 fully saturated rings. The fraction of sp³-hybridized carbons (Fsp3) is 0.185. The van der Waals surface area contributed by atoms with Crippen molar-refractivity contribution in [1.82, 2.24) is 4.90 Å². The minimum absolute atomic E-state index is 0.0267. The zero-order valence-corrected chi connectivity index (χ0v) is 18.5. The van der Waals surface area contributed by atoms with Gasteiger partial charge in [-0.15, -0.1) is 0 Å². The number of aryl methyl sites for hydroxylation is 2. The van der Waals surface area contributed by atoms with Crippen molar-refractivity contribution in [1.29, 1.82) is 0 Å². The van der Waals surface area contributed by atoms with Gasteiger partial charge in [0.1, 0.15) is 17.1 Å². The number of nitrogens with zero attached hydrogens (tertiary/aromatic N) is 1. The van der Waals surface area contributed by atoms with Gasteiger partial charge < -0.3 is 14.1 Å². The smallest absolute Gasteiger partial charge is 0.291 e. The molecule has 1 amide bonds. The maximum atomic E-state index is 15.0. The SMILES string of the molecule is COc1ccc(CN2C(=O)c3oc4c(C)cc(C)cc4c(=O)c3C2c2ccccc2F)cc1. The van der Waals surface area contributed by atoms with Gasteiger partial charge >= 0.3 is 0 Å². The Bertz CT molecular complexity index is 1460. The molecule has 5 rings (SSSR count). The second-order valence-electron chi connectivity index (χ2n) is 8.34. The molecular formula is C27H22FNO4. The fourth-order valence-corrected chi connectivity index (χ4v) is 4.59. The van der Waals surface area contributed by atoms with E-state index in [4.69, 9.17) is 9.15 Å². The summed E-state index contributed by atoms with van der Waals surface area (Å²) in [6, 6.07) is 16.3. The van der Waals surface area contributed by atoms with Crippen molar-refractivity contribution in [3.05, 3.63) is 110 Å². The standard InChI is InChI=1S/C27H22FNO4/c1-15-12-16(2)25-20(13-15)24(30)22-23(19-6-4-5-7-21(19)28)29(27(31)26(22)33-25)14-17-8-10-18(32-3)11-9-17/h4-13,23H,14H2,1-3H3. The lowest BCUT2D eigenvalue weighted by Crippen LogP contribution is -2.29. The van der Waals surface area contributed by atoms with Crippen LogP contribution in [0.1, 0.15) is 44.4 Å². The van der Waals surface area contributed by atoms with Crippen LogP contribution in [0, 0.1) is 19.7 Å². The summed E-state index contributed by atoms with van der Waals surface area (Å²) < 4.78 is 26.2. The maximum absolute atomic E-state index is 15.0. The van der Waals surface area contributed by atoms with Crippen molar-refractivity contribution in [3.8, 4) is 5.75 Å². The van der Waals surface area contributed by atoms with Gasteiger partial charge in [0, 0.05) is 12.1 Å².